The van der Waals surface area contributed by atoms with Gasteiger partial charge in [-0.15, -0.1) is 0 Å². The second kappa shape index (κ2) is 11.9. The average Bonchev–Trinajstić information content (AvgIpc) is 2.56. The van der Waals surface area contributed by atoms with E-state index in [2.05, 4.69) is 16.0 Å². The van der Waals surface area contributed by atoms with Gasteiger partial charge in [-0.2, -0.15) is 0 Å². The zero-order valence-electron chi connectivity index (χ0n) is 16.0. The first-order chi connectivity index (χ1) is 12.9. The summed E-state index contributed by atoms with van der Waals surface area (Å²) in [5.41, 5.74) is 5.35. The summed E-state index contributed by atoms with van der Waals surface area (Å²) in [7, 11) is 0. The lowest BCUT2D eigenvalue weighted by atomic mass is 10.0. The summed E-state index contributed by atoms with van der Waals surface area (Å²) in [5.74, 6) is -5.57. The maximum Gasteiger partial charge on any atom is 0.326 e. The van der Waals surface area contributed by atoms with E-state index in [9.17, 15) is 34.2 Å². The molecule has 0 aromatic rings. The van der Waals surface area contributed by atoms with Gasteiger partial charge < -0.3 is 37.0 Å². The molecule has 0 fully saturated rings. The van der Waals surface area contributed by atoms with Crippen LogP contribution in [0.3, 0.4) is 0 Å². The molecule has 0 aliphatic heterocycles. The molecule has 0 aliphatic rings. The minimum atomic E-state index is -1.61. The van der Waals surface area contributed by atoms with E-state index in [1.165, 1.54) is 6.92 Å². The highest BCUT2D eigenvalue weighted by atomic mass is 16.4. The van der Waals surface area contributed by atoms with Crippen LogP contribution in [0.5, 0.6) is 0 Å². The number of amides is 3. The minimum absolute atomic E-state index is 0.0684. The number of aliphatic hydroxyl groups is 1. The highest BCUT2D eigenvalue weighted by Gasteiger charge is 2.31. The van der Waals surface area contributed by atoms with Crippen molar-refractivity contribution in [3.05, 3.63) is 0 Å². The summed E-state index contributed by atoms with van der Waals surface area (Å²) in [6, 6.07) is -5.31. The third-order valence-corrected chi connectivity index (χ3v) is 3.56. The minimum Gasteiger partial charge on any atom is -0.481 e. The molecule has 0 spiro atoms. The fourth-order valence-electron chi connectivity index (χ4n) is 2.12. The molecule has 0 rings (SSSR count). The molecular weight excluding hydrogens is 376 g/mol. The van der Waals surface area contributed by atoms with Crippen LogP contribution in [0.15, 0.2) is 0 Å². The van der Waals surface area contributed by atoms with Crippen molar-refractivity contribution in [3.63, 3.8) is 0 Å². The van der Waals surface area contributed by atoms with Crippen molar-refractivity contribution in [1.29, 1.82) is 0 Å². The first kappa shape index (κ1) is 25.3. The lowest BCUT2D eigenvalue weighted by Crippen LogP contribution is -2.58. The molecule has 0 aromatic carbocycles. The number of carboxylic acid groups (broad SMARTS) is 2. The van der Waals surface area contributed by atoms with Gasteiger partial charge in [-0.1, -0.05) is 13.8 Å². The molecule has 0 aliphatic carbocycles. The number of hydrogen-bond donors (Lipinski definition) is 7. The van der Waals surface area contributed by atoms with Crippen LogP contribution < -0.4 is 21.7 Å². The molecule has 3 amide bonds. The first-order valence-corrected chi connectivity index (χ1v) is 8.61. The zero-order chi connectivity index (χ0) is 22.0. The monoisotopic (exact) mass is 404 g/mol. The average molecular weight is 404 g/mol. The molecule has 4 atom stereocenters. The van der Waals surface area contributed by atoms with Crippen molar-refractivity contribution in [2.75, 3.05) is 6.61 Å². The smallest absolute Gasteiger partial charge is 0.326 e. The van der Waals surface area contributed by atoms with Gasteiger partial charge in [-0.3, -0.25) is 19.2 Å². The van der Waals surface area contributed by atoms with E-state index in [4.69, 9.17) is 10.8 Å². The standard InChI is InChI=1S/C16H28N4O8/c1-7(2)4-10(16(27)28)19-14(25)9(5-12(22)23)18-15(26)11(6-21)20-13(24)8(3)17/h7-11,21H,4-6,17H2,1-3H3,(H,18,26)(H,19,25)(H,20,24)(H,22,23)(H,27,28). The predicted octanol–water partition coefficient (Wildman–Crippen LogP) is -2.61. The molecule has 12 nitrogen and oxygen atoms in total. The number of nitrogens with one attached hydrogen (secondary N) is 3. The van der Waals surface area contributed by atoms with Crippen molar-refractivity contribution in [2.45, 2.75) is 57.8 Å². The molecule has 0 radical (unpaired) electrons. The van der Waals surface area contributed by atoms with E-state index in [-0.39, 0.29) is 12.3 Å². The summed E-state index contributed by atoms with van der Waals surface area (Å²) < 4.78 is 0. The van der Waals surface area contributed by atoms with Crippen molar-refractivity contribution in [1.82, 2.24) is 16.0 Å². The molecule has 0 saturated heterocycles. The van der Waals surface area contributed by atoms with Gasteiger partial charge in [0, 0.05) is 0 Å². The number of hydrogen-bond acceptors (Lipinski definition) is 7. The second-order valence-corrected chi connectivity index (χ2v) is 6.72. The number of carbonyl (C=O) groups excluding carboxylic acids is 3. The van der Waals surface area contributed by atoms with Crippen LogP contribution in [0.4, 0.5) is 0 Å². The van der Waals surface area contributed by atoms with Gasteiger partial charge in [-0.25, -0.2) is 4.79 Å². The van der Waals surface area contributed by atoms with E-state index >= 15 is 0 Å². The lowest BCUT2D eigenvalue weighted by molar-refractivity contribution is -0.144. The third-order valence-electron chi connectivity index (χ3n) is 3.56. The number of rotatable bonds is 12. The summed E-state index contributed by atoms with van der Waals surface area (Å²) in [6.45, 7) is 4.01. The molecule has 160 valence electrons. The normalized spacial score (nSPS) is 15.1. The van der Waals surface area contributed by atoms with Crippen molar-refractivity contribution in [2.24, 2.45) is 11.7 Å². The van der Waals surface area contributed by atoms with Crippen molar-refractivity contribution >= 4 is 29.7 Å². The Balaban J connectivity index is 5.25. The van der Waals surface area contributed by atoms with Gasteiger partial charge in [-0.05, 0) is 19.3 Å². The molecule has 0 heterocycles. The second-order valence-electron chi connectivity index (χ2n) is 6.72. The highest BCUT2D eigenvalue weighted by Crippen LogP contribution is 2.06. The van der Waals surface area contributed by atoms with Crippen LogP contribution in [0.25, 0.3) is 0 Å². The molecule has 0 saturated carbocycles. The largest absolute Gasteiger partial charge is 0.481 e. The summed E-state index contributed by atoms with van der Waals surface area (Å²) in [5, 5.41) is 33.9. The van der Waals surface area contributed by atoms with Crippen LogP contribution >= 0.6 is 0 Å². The number of carbonyl (C=O) groups is 5. The Hall–Kier alpha value is -2.73. The summed E-state index contributed by atoms with van der Waals surface area (Å²) >= 11 is 0. The van der Waals surface area contributed by atoms with Gasteiger partial charge in [0.25, 0.3) is 0 Å². The molecule has 0 bridgehead atoms. The van der Waals surface area contributed by atoms with E-state index in [0.717, 1.165) is 0 Å². The molecule has 8 N–H and O–H groups in total. The van der Waals surface area contributed by atoms with Gasteiger partial charge in [0.05, 0.1) is 19.1 Å². The van der Waals surface area contributed by atoms with Crippen LogP contribution in [0.1, 0.15) is 33.6 Å². The SMILES string of the molecule is CC(C)CC(NC(=O)C(CC(=O)O)NC(=O)C(CO)NC(=O)C(C)N)C(=O)O. The Morgan fingerprint density at radius 1 is 0.821 bits per heavy atom. The topological polar surface area (TPSA) is 208 Å². The van der Waals surface area contributed by atoms with Crippen LogP contribution in [0, 0.1) is 5.92 Å². The Kier molecular flexibility index (Phi) is 10.7. The van der Waals surface area contributed by atoms with Crippen molar-refractivity contribution < 1.29 is 39.3 Å². The third kappa shape index (κ3) is 9.28. The van der Waals surface area contributed by atoms with E-state index in [1.54, 1.807) is 13.8 Å². The number of nitrogens with two attached hydrogens (primary N) is 1. The van der Waals surface area contributed by atoms with Gasteiger partial charge in [0.1, 0.15) is 18.1 Å². The molecular formula is C16H28N4O8. The van der Waals surface area contributed by atoms with Crippen LogP contribution in [0.2, 0.25) is 0 Å². The van der Waals surface area contributed by atoms with E-state index in [1.807, 2.05) is 0 Å². The predicted molar refractivity (Wildman–Crippen MR) is 95.9 cm³/mol. The maximum atomic E-state index is 12.3. The van der Waals surface area contributed by atoms with Crippen molar-refractivity contribution in [3.8, 4) is 0 Å². The summed E-state index contributed by atoms with van der Waals surface area (Å²) in [4.78, 5) is 58.4. The number of carboxylic acids is 2. The molecule has 0 aromatic heterocycles. The zero-order valence-corrected chi connectivity index (χ0v) is 16.0. The Labute approximate surface area is 161 Å². The number of aliphatic carboxylic acids is 2. The van der Waals surface area contributed by atoms with Crippen LogP contribution in [-0.2, 0) is 24.0 Å². The highest BCUT2D eigenvalue weighted by molar-refractivity contribution is 5.95. The maximum absolute atomic E-state index is 12.3. The molecule has 28 heavy (non-hydrogen) atoms. The van der Waals surface area contributed by atoms with E-state index < -0.39 is 66.9 Å². The van der Waals surface area contributed by atoms with Crippen LogP contribution in [-0.4, -0.2) is 75.8 Å². The molecule has 12 heteroatoms. The number of aliphatic hydroxyl groups excluding tert-OH is 1. The Bertz CT molecular complexity index is 593. The fourth-order valence-corrected chi connectivity index (χ4v) is 2.12. The van der Waals surface area contributed by atoms with Gasteiger partial charge in [0.15, 0.2) is 0 Å². The summed E-state index contributed by atoms with van der Waals surface area (Å²) in [6.07, 6.45) is -0.733. The first-order valence-electron chi connectivity index (χ1n) is 8.61. The van der Waals surface area contributed by atoms with Gasteiger partial charge in [0.2, 0.25) is 17.7 Å². The van der Waals surface area contributed by atoms with E-state index in [0.29, 0.717) is 0 Å². The molecule has 4 unspecified atom stereocenters. The van der Waals surface area contributed by atoms with Gasteiger partial charge >= 0.3 is 11.9 Å². The lowest BCUT2D eigenvalue weighted by Gasteiger charge is -2.23. The fraction of sp³-hybridized carbons (Fsp3) is 0.688. The Morgan fingerprint density at radius 2 is 1.29 bits per heavy atom. The quantitative estimate of drug-likeness (QED) is 0.181. The Morgan fingerprint density at radius 3 is 1.68 bits per heavy atom.